The fourth-order valence-corrected chi connectivity index (χ4v) is 2.17. The maximum atomic E-state index is 12.2. The van der Waals surface area contributed by atoms with Gasteiger partial charge in [-0.25, -0.2) is 0 Å². The summed E-state index contributed by atoms with van der Waals surface area (Å²) in [5, 5.41) is 3.49. The highest BCUT2D eigenvalue weighted by atomic mass is 16.5. The number of carbonyl (C=O) groups excluding carboxylic acids is 1. The van der Waals surface area contributed by atoms with Crippen LogP contribution in [0.5, 0.6) is 0 Å². The third-order valence-corrected chi connectivity index (χ3v) is 3.41. The van der Waals surface area contributed by atoms with E-state index in [-0.39, 0.29) is 18.1 Å². The SMILES string of the molecule is CCC1CN(C(=O)COC(C)(C)C)C(CC)CN1. The van der Waals surface area contributed by atoms with Gasteiger partial charge in [0.15, 0.2) is 0 Å². The normalized spacial score (nSPS) is 25.3. The molecule has 1 aliphatic rings. The zero-order chi connectivity index (χ0) is 13.8. The van der Waals surface area contributed by atoms with Crippen molar-refractivity contribution in [2.75, 3.05) is 19.7 Å². The topological polar surface area (TPSA) is 41.6 Å². The Balaban J connectivity index is 2.56. The Bertz CT molecular complexity index is 273. The lowest BCUT2D eigenvalue weighted by atomic mass is 10.1. The molecule has 1 N–H and O–H groups in total. The van der Waals surface area contributed by atoms with Crippen molar-refractivity contribution in [3.8, 4) is 0 Å². The predicted molar refractivity (Wildman–Crippen MR) is 73.6 cm³/mol. The molecule has 0 aliphatic carbocycles. The Morgan fingerprint density at radius 1 is 1.33 bits per heavy atom. The van der Waals surface area contributed by atoms with E-state index in [1.54, 1.807) is 0 Å². The number of nitrogens with zero attached hydrogens (tertiary/aromatic N) is 1. The zero-order valence-corrected chi connectivity index (χ0v) is 12.5. The van der Waals surface area contributed by atoms with E-state index in [0.717, 1.165) is 25.9 Å². The Morgan fingerprint density at radius 2 is 2.00 bits per heavy atom. The summed E-state index contributed by atoms with van der Waals surface area (Å²) in [6, 6.07) is 0.732. The number of ether oxygens (including phenoxy) is 1. The number of nitrogens with one attached hydrogen (secondary N) is 1. The summed E-state index contributed by atoms with van der Waals surface area (Å²) in [5.74, 6) is 0.122. The summed E-state index contributed by atoms with van der Waals surface area (Å²) in [5.41, 5.74) is -0.254. The molecule has 1 rings (SSSR count). The summed E-state index contributed by atoms with van der Waals surface area (Å²) in [6.45, 7) is 12.1. The predicted octanol–water partition coefficient (Wildman–Crippen LogP) is 1.79. The number of hydrogen-bond donors (Lipinski definition) is 1. The number of amides is 1. The van der Waals surface area contributed by atoms with E-state index < -0.39 is 0 Å². The molecule has 1 heterocycles. The van der Waals surface area contributed by atoms with Crippen molar-refractivity contribution in [3.05, 3.63) is 0 Å². The molecule has 0 aromatic carbocycles. The second-order valence-corrected chi connectivity index (χ2v) is 6.02. The van der Waals surface area contributed by atoms with Crippen LogP contribution in [0.15, 0.2) is 0 Å². The summed E-state index contributed by atoms with van der Waals surface area (Å²) in [6.07, 6.45) is 2.05. The number of piperazine rings is 1. The molecule has 0 radical (unpaired) electrons. The van der Waals surface area contributed by atoms with E-state index in [2.05, 4.69) is 19.2 Å². The van der Waals surface area contributed by atoms with Crippen LogP contribution in [-0.4, -0.2) is 48.2 Å². The van der Waals surface area contributed by atoms with Gasteiger partial charge in [-0.3, -0.25) is 4.79 Å². The molecule has 0 bridgehead atoms. The van der Waals surface area contributed by atoms with Crippen molar-refractivity contribution in [2.45, 2.75) is 65.1 Å². The van der Waals surface area contributed by atoms with Crippen LogP contribution in [0.2, 0.25) is 0 Å². The largest absolute Gasteiger partial charge is 0.366 e. The Kier molecular flexibility index (Phi) is 5.60. The molecular weight excluding hydrogens is 228 g/mol. The minimum absolute atomic E-state index is 0.122. The van der Waals surface area contributed by atoms with Gasteiger partial charge in [0.2, 0.25) is 5.91 Å². The lowest BCUT2D eigenvalue weighted by Crippen LogP contribution is -2.58. The molecular formula is C14H28N2O2. The van der Waals surface area contributed by atoms with Gasteiger partial charge in [0.05, 0.1) is 5.60 Å². The molecule has 2 unspecified atom stereocenters. The number of hydrogen-bond acceptors (Lipinski definition) is 3. The third kappa shape index (κ3) is 4.58. The van der Waals surface area contributed by atoms with Crippen LogP contribution in [0.1, 0.15) is 47.5 Å². The van der Waals surface area contributed by atoms with E-state index in [1.807, 2.05) is 25.7 Å². The highest BCUT2D eigenvalue weighted by molar-refractivity contribution is 5.78. The van der Waals surface area contributed by atoms with Gasteiger partial charge in [0.1, 0.15) is 6.61 Å². The van der Waals surface area contributed by atoms with Crippen LogP contribution < -0.4 is 5.32 Å². The van der Waals surface area contributed by atoms with Crippen LogP contribution in [0, 0.1) is 0 Å². The van der Waals surface area contributed by atoms with Crippen molar-refractivity contribution in [2.24, 2.45) is 0 Å². The monoisotopic (exact) mass is 256 g/mol. The molecule has 0 saturated carbocycles. The maximum Gasteiger partial charge on any atom is 0.248 e. The number of rotatable bonds is 4. The quantitative estimate of drug-likeness (QED) is 0.834. The van der Waals surface area contributed by atoms with E-state index >= 15 is 0 Å². The molecule has 0 aromatic rings. The van der Waals surface area contributed by atoms with Crippen molar-refractivity contribution < 1.29 is 9.53 Å². The summed E-state index contributed by atoms with van der Waals surface area (Å²) in [7, 11) is 0. The Morgan fingerprint density at radius 3 is 2.50 bits per heavy atom. The molecule has 2 atom stereocenters. The van der Waals surface area contributed by atoms with Crippen molar-refractivity contribution in [3.63, 3.8) is 0 Å². The lowest BCUT2D eigenvalue weighted by Gasteiger charge is -2.40. The zero-order valence-electron chi connectivity index (χ0n) is 12.5. The van der Waals surface area contributed by atoms with Gasteiger partial charge in [0.25, 0.3) is 0 Å². The van der Waals surface area contributed by atoms with Gasteiger partial charge in [0, 0.05) is 25.2 Å². The van der Waals surface area contributed by atoms with Crippen LogP contribution in [0.25, 0.3) is 0 Å². The Labute approximate surface area is 111 Å². The molecule has 1 fully saturated rings. The molecule has 0 aromatic heterocycles. The minimum atomic E-state index is -0.254. The molecule has 106 valence electrons. The van der Waals surface area contributed by atoms with E-state index in [4.69, 9.17) is 4.74 Å². The van der Waals surface area contributed by atoms with Gasteiger partial charge < -0.3 is 15.0 Å². The molecule has 4 heteroatoms. The van der Waals surface area contributed by atoms with E-state index in [9.17, 15) is 4.79 Å². The first-order valence-electron chi connectivity index (χ1n) is 7.04. The van der Waals surface area contributed by atoms with Gasteiger partial charge >= 0.3 is 0 Å². The Hall–Kier alpha value is -0.610. The van der Waals surface area contributed by atoms with Crippen LogP contribution in [0.4, 0.5) is 0 Å². The van der Waals surface area contributed by atoms with Gasteiger partial charge in [-0.1, -0.05) is 13.8 Å². The average molecular weight is 256 g/mol. The van der Waals surface area contributed by atoms with Gasteiger partial charge in [-0.2, -0.15) is 0 Å². The summed E-state index contributed by atoms with van der Waals surface area (Å²) in [4.78, 5) is 14.2. The average Bonchev–Trinajstić information content (AvgIpc) is 2.34. The molecule has 1 amide bonds. The van der Waals surface area contributed by atoms with Crippen LogP contribution in [-0.2, 0) is 9.53 Å². The maximum absolute atomic E-state index is 12.2. The molecule has 1 saturated heterocycles. The number of carbonyl (C=O) groups is 1. The van der Waals surface area contributed by atoms with Crippen molar-refractivity contribution in [1.82, 2.24) is 10.2 Å². The van der Waals surface area contributed by atoms with E-state index in [0.29, 0.717) is 12.1 Å². The smallest absolute Gasteiger partial charge is 0.248 e. The fraction of sp³-hybridized carbons (Fsp3) is 0.929. The first-order valence-corrected chi connectivity index (χ1v) is 7.04. The second-order valence-electron chi connectivity index (χ2n) is 6.02. The van der Waals surface area contributed by atoms with Gasteiger partial charge in [-0.15, -0.1) is 0 Å². The summed E-state index contributed by atoms with van der Waals surface area (Å²) < 4.78 is 5.59. The van der Waals surface area contributed by atoms with Gasteiger partial charge in [-0.05, 0) is 33.6 Å². The first-order chi connectivity index (χ1) is 8.37. The fourth-order valence-electron chi connectivity index (χ4n) is 2.17. The minimum Gasteiger partial charge on any atom is -0.366 e. The van der Waals surface area contributed by atoms with Crippen LogP contribution >= 0.6 is 0 Å². The third-order valence-electron chi connectivity index (χ3n) is 3.41. The standard InChI is InChI=1S/C14H28N2O2/c1-6-11-9-16(12(7-2)8-15-11)13(17)10-18-14(3,4)5/h11-12,15H,6-10H2,1-5H3. The second kappa shape index (κ2) is 6.53. The van der Waals surface area contributed by atoms with Crippen molar-refractivity contribution in [1.29, 1.82) is 0 Å². The highest BCUT2D eigenvalue weighted by Gasteiger charge is 2.29. The molecule has 18 heavy (non-hydrogen) atoms. The first kappa shape index (κ1) is 15.4. The highest BCUT2D eigenvalue weighted by Crippen LogP contribution is 2.14. The molecule has 4 nitrogen and oxygen atoms in total. The molecule has 1 aliphatic heterocycles. The lowest BCUT2D eigenvalue weighted by molar-refractivity contribution is -0.145. The molecule has 0 spiro atoms. The van der Waals surface area contributed by atoms with Crippen molar-refractivity contribution >= 4 is 5.91 Å². The van der Waals surface area contributed by atoms with Crippen LogP contribution in [0.3, 0.4) is 0 Å². The van der Waals surface area contributed by atoms with E-state index in [1.165, 1.54) is 0 Å². The summed E-state index contributed by atoms with van der Waals surface area (Å²) >= 11 is 0.